The monoisotopic (exact) mass is 400 g/mol. The summed E-state index contributed by atoms with van der Waals surface area (Å²) in [7, 11) is 1.57. The first-order valence-electron chi connectivity index (χ1n) is 10.1. The zero-order chi connectivity index (χ0) is 21.0. The van der Waals surface area contributed by atoms with Crippen molar-refractivity contribution in [2.45, 2.75) is 51.0 Å². The molecule has 1 aliphatic heterocycles. The fraction of sp³-hybridized carbons (Fsp3) is 0.524. The van der Waals surface area contributed by atoms with Crippen molar-refractivity contribution in [3.8, 4) is 0 Å². The number of imide groups is 1. The van der Waals surface area contributed by atoms with Crippen molar-refractivity contribution in [1.82, 2.24) is 15.1 Å². The van der Waals surface area contributed by atoms with Crippen molar-refractivity contribution in [2.75, 3.05) is 25.5 Å². The standard InChI is InChI=1S/C21H28N4O4/c1-15-7-9-16(10-8-15)22-17(26)14-24(2)18(27)6-5-13-25-19(28)21(23-20(25)29)11-3-4-12-21/h7-10H,3-6,11-14H2,1-2H3,(H,22,26)(H,23,29). The first kappa shape index (κ1) is 20.8. The van der Waals surface area contributed by atoms with Gasteiger partial charge in [0.05, 0.1) is 6.54 Å². The number of nitrogens with zero attached hydrogens (tertiary/aromatic N) is 2. The van der Waals surface area contributed by atoms with Crippen molar-refractivity contribution >= 4 is 29.4 Å². The van der Waals surface area contributed by atoms with Gasteiger partial charge in [0.2, 0.25) is 11.8 Å². The van der Waals surface area contributed by atoms with Crippen LogP contribution in [-0.4, -0.2) is 59.2 Å². The number of likely N-dealkylation sites (N-methyl/N-ethyl adjacent to an activating group) is 1. The second-order valence-corrected chi connectivity index (χ2v) is 7.94. The number of carbonyl (C=O) groups excluding carboxylic acids is 4. The molecule has 1 saturated heterocycles. The van der Waals surface area contributed by atoms with E-state index in [1.165, 1.54) is 9.80 Å². The minimum absolute atomic E-state index is 0.0566. The Kier molecular flexibility index (Phi) is 6.20. The molecule has 5 amide bonds. The molecule has 0 unspecified atom stereocenters. The van der Waals surface area contributed by atoms with Crippen LogP contribution in [0.2, 0.25) is 0 Å². The third kappa shape index (κ3) is 4.75. The van der Waals surface area contributed by atoms with Crippen LogP contribution >= 0.6 is 0 Å². The zero-order valence-corrected chi connectivity index (χ0v) is 17.0. The molecule has 3 rings (SSSR count). The van der Waals surface area contributed by atoms with Gasteiger partial charge in [-0.1, -0.05) is 30.5 Å². The maximum atomic E-state index is 12.6. The summed E-state index contributed by atoms with van der Waals surface area (Å²) in [5, 5.41) is 5.59. The van der Waals surface area contributed by atoms with Crippen molar-refractivity contribution in [2.24, 2.45) is 0 Å². The molecular weight excluding hydrogens is 372 g/mol. The van der Waals surface area contributed by atoms with Gasteiger partial charge >= 0.3 is 6.03 Å². The smallest absolute Gasteiger partial charge is 0.325 e. The molecule has 1 heterocycles. The highest BCUT2D eigenvalue weighted by Gasteiger charge is 2.52. The zero-order valence-electron chi connectivity index (χ0n) is 17.0. The molecule has 1 aliphatic carbocycles. The molecule has 0 aromatic heterocycles. The summed E-state index contributed by atoms with van der Waals surface area (Å²) < 4.78 is 0. The second kappa shape index (κ2) is 8.63. The highest BCUT2D eigenvalue weighted by molar-refractivity contribution is 6.07. The Morgan fingerprint density at radius 1 is 1.17 bits per heavy atom. The highest BCUT2D eigenvalue weighted by atomic mass is 16.2. The Hall–Kier alpha value is -2.90. The molecule has 0 radical (unpaired) electrons. The van der Waals surface area contributed by atoms with Gasteiger partial charge in [-0.15, -0.1) is 0 Å². The van der Waals surface area contributed by atoms with E-state index in [4.69, 9.17) is 0 Å². The predicted octanol–water partition coefficient (Wildman–Crippen LogP) is 2.04. The number of hydrogen-bond donors (Lipinski definition) is 2. The van der Waals surface area contributed by atoms with E-state index >= 15 is 0 Å². The summed E-state index contributed by atoms with van der Waals surface area (Å²) in [6.45, 7) is 2.12. The number of anilines is 1. The summed E-state index contributed by atoms with van der Waals surface area (Å²) in [4.78, 5) is 51.7. The molecule has 29 heavy (non-hydrogen) atoms. The molecule has 1 spiro atoms. The normalized spacial score (nSPS) is 17.5. The van der Waals surface area contributed by atoms with Crippen LogP contribution in [0, 0.1) is 6.92 Å². The van der Waals surface area contributed by atoms with Crippen molar-refractivity contribution in [3.05, 3.63) is 29.8 Å². The summed E-state index contributed by atoms with van der Waals surface area (Å²) in [5.74, 6) is -0.646. The Balaban J connectivity index is 1.42. The lowest BCUT2D eigenvalue weighted by molar-refractivity contribution is -0.134. The maximum absolute atomic E-state index is 12.6. The average molecular weight is 400 g/mol. The molecule has 2 fully saturated rings. The van der Waals surface area contributed by atoms with E-state index in [-0.39, 0.29) is 43.3 Å². The van der Waals surface area contributed by atoms with Crippen LogP contribution in [0.1, 0.15) is 44.1 Å². The molecule has 2 aliphatic rings. The molecule has 2 N–H and O–H groups in total. The van der Waals surface area contributed by atoms with Gasteiger partial charge in [0, 0.05) is 25.7 Å². The molecule has 1 aromatic rings. The van der Waals surface area contributed by atoms with E-state index in [9.17, 15) is 19.2 Å². The van der Waals surface area contributed by atoms with E-state index in [1.807, 2.05) is 31.2 Å². The fourth-order valence-electron chi connectivity index (χ4n) is 3.92. The minimum atomic E-state index is -0.716. The third-order valence-corrected chi connectivity index (χ3v) is 5.62. The Labute approximate surface area is 170 Å². The van der Waals surface area contributed by atoms with Crippen LogP contribution in [0.3, 0.4) is 0 Å². The van der Waals surface area contributed by atoms with Gasteiger partial charge in [0.25, 0.3) is 5.91 Å². The number of amides is 5. The van der Waals surface area contributed by atoms with Crippen LogP contribution in [0.4, 0.5) is 10.5 Å². The summed E-state index contributed by atoms with van der Waals surface area (Å²) in [6.07, 6.45) is 3.79. The number of benzene rings is 1. The Morgan fingerprint density at radius 3 is 2.48 bits per heavy atom. The lowest BCUT2D eigenvalue weighted by atomic mass is 9.98. The van der Waals surface area contributed by atoms with E-state index in [2.05, 4.69) is 10.6 Å². The molecule has 0 bridgehead atoms. The van der Waals surface area contributed by atoms with Gasteiger partial charge in [-0.3, -0.25) is 19.3 Å². The van der Waals surface area contributed by atoms with Crippen LogP contribution in [-0.2, 0) is 14.4 Å². The van der Waals surface area contributed by atoms with E-state index in [1.54, 1.807) is 7.05 Å². The number of rotatable bonds is 7. The number of carbonyl (C=O) groups is 4. The van der Waals surface area contributed by atoms with Gasteiger partial charge in [-0.2, -0.15) is 0 Å². The molecular formula is C21H28N4O4. The average Bonchev–Trinajstić information content (AvgIpc) is 3.23. The molecule has 8 nitrogen and oxygen atoms in total. The lowest BCUT2D eigenvalue weighted by Gasteiger charge is -2.20. The highest BCUT2D eigenvalue weighted by Crippen LogP contribution is 2.35. The number of urea groups is 1. The second-order valence-electron chi connectivity index (χ2n) is 7.94. The topological polar surface area (TPSA) is 98.8 Å². The maximum Gasteiger partial charge on any atom is 0.325 e. The molecule has 1 aromatic carbocycles. The van der Waals surface area contributed by atoms with E-state index in [0.29, 0.717) is 24.9 Å². The SMILES string of the molecule is Cc1ccc(NC(=O)CN(C)C(=O)CCCN2C(=O)NC3(CCCC3)C2=O)cc1. The summed E-state index contributed by atoms with van der Waals surface area (Å²) >= 11 is 0. The predicted molar refractivity (Wildman–Crippen MR) is 108 cm³/mol. The Morgan fingerprint density at radius 2 is 1.83 bits per heavy atom. The van der Waals surface area contributed by atoms with Crippen molar-refractivity contribution < 1.29 is 19.2 Å². The third-order valence-electron chi connectivity index (χ3n) is 5.62. The van der Waals surface area contributed by atoms with Gasteiger partial charge in [0.1, 0.15) is 5.54 Å². The summed E-state index contributed by atoms with van der Waals surface area (Å²) in [6, 6.07) is 7.05. The van der Waals surface area contributed by atoms with Gasteiger partial charge in [0.15, 0.2) is 0 Å². The Bertz CT molecular complexity index is 799. The minimum Gasteiger partial charge on any atom is -0.336 e. The molecule has 1 saturated carbocycles. The molecule has 0 atom stereocenters. The first-order chi connectivity index (χ1) is 13.8. The van der Waals surface area contributed by atoms with Crippen LogP contribution in [0.15, 0.2) is 24.3 Å². The van der Waals surface area contributed by atoms with Crippen LogP contribution < -0.4 is 10.6 Å². The quantitative estimate of drug-likeness (QED) is 0.684. The van der Waals surface area contributed by atoms with Crippen molar-refractivity contribution in [3.63, 3.8) is 0 Å². The van der Waals surface area contributed by atoms with E-state index in [0.717, 1.165) is 18.4 Å². The largest absolute Gasteiger partial charge is 0.336 e. The number of nitrogens with one attached hydrogen (secondary N) is 2. The first-order valence-corrected chi connectivity index (χ1v) is 10.1. The van der Waals surface area contributed by atoms with Crippen molar-refractivity contribution in [1.29, 1.82) is 0 Å². The molecule has 156 valence electrons. The number of hydrogen-bond acceptors (Lipinski definition) is 4. The molecule has 8 heteroatoms. The number of aryl methyl sites for hydroxylation is 1. The fourth-order valence-corrected chi connectivity index (χ4v) is 3.92. The van der Waals surface area contributed by atoms with Gasteiger partial charge < -0.3 is 15.5 Å². The van der Waals surface area contributed by atoms with Gasteiger partial charge in [-0.05, 0) is 38.3 Å². The van der Waals surface area contributed by atoms with Crippen LogP contribution in [0.25, 0.3) is 0 Å². The van der Waals surface area contributed by atoms with Crippen LogP contribution in [0.5, 0.6) is 0 Å². The van der Waals surface area contributed by atoms with Gasteiger partial charge in [-0.25, -0.2) is 4.79 Å². The lowest BCUT2D eigenvalue weighted by Crippen LogP contribution is -2.44. The van der Waals surface area contributed by atoms with E-state index < -0.39 is 5.54 Å². The summed E-state index contributed by atoms with van der Waals surface area (Å²) in [5.41, 5.74) is 1.06.